The SMILES string of the molecule is CCNC(=O)C1CCCN(c2nc3cccnc3n(C)c2=O)C1. The highest BCUT2D eigenvalue weighted by Crippen LogP contribution is 2.21. The van der Waals surface area contributed by atoms with Gasteiger partial charge in [-0.05, 0) is 31.9 Å². The van der Waals surface area contributed by atoms with E-state index in [4.69, 9.17) is 0 Å². The molecule has 3 heterocycles. The highest BCUT2D eigenvalue weighted by atomic mass is 16.2. The summed E-state index contributed by atoms with van der Waals surface area (Å²) in [7, 11) is 1.70. The van der Waals surface area contributed by atoms with Crippen molar-refractivity contribution in [3.8, 4) is 0 Å². The van der Waals surface area contributed by atoms with Crippen LogP contribution in [0.15, 0.2) is 23.1 Å². The molecular weight excluding hydrogens is 294 g/mol. The van der Waals surface area contributed by atoms with Gasteiger partial charge in [0.05, 0.1) is 5.92 Å². The number of aryl methyl sites for hydroxylation is 1. The molecule has 1 unspecified atom stereocenters. The Labute approximate surface area is 134 Å². The van der Waals surface area contributed by atoms with Crippen molar-refractivity contribution in [3.05, 3.63) is 28.7 Å². The summed E-state index contributed by atoms with van der Waals surface area (Å²) in [6, 6.07) is 3.65. The van der Waals surface area contributed by atoms with Crippen molar-refractivity contribution >= 4 is 22.9 Å². The molecule has 1 saturated heterocycles. The van der Waals surface area contributed by atoms with Gasteiger partial charge in [-0.3, -0.25) is 14.2 Å². The zero-order chi connectivity index (χ0) is 16.4. The average Bonchev–Trinajstić information content (AvgIpc) is 2.58. The summed E-state index contributed by atoms with van der Waals surface area (Å²) >= 11 is 0. The number of piperidine rings is 1. The summed E-state index contributed by atoms with van der Waals surface area (Å²) < 4.78 is 1.52. The quantitative estimate of drug-likeness (QED) is 0.901. The third kappa shape index (κ3) is 2.91. The lowest BCUT2D eigenvalue weighted by atomic mass is 9.97. The number of carbonyl (C=O) groups is 1. The molecule has 1 aliphatic heterocycles. The number of amides is 1. The summed E-state index contributed by atoms with van der Waals surface area (Å²) in [5, 5.41) is 2.86. The van der Waals surface area contributed by atoms with Gasteiger partial charge in [0.1, 0.15) is 5.52 Å². The van der Waals surface area contributed by atoms with E-state index in [1.165, 1.54) is 4.57 Å². The third-order valence-electron chi connectivity index (χ3n) is 4.25. The number of rotatable bonds is 3. The van der Waals surface area contributed by atoms with Crippen LogP contribution in [-0.4, -0.2) is 40.1 Å². The number of anilines is 1. The summed E-state index contributed by atoms with van der Waals surface area (Å²) in [6.45, 7) is 3.80. The lowest BCUT2D eigenvalue weighted by Crippen LogP contribution is -2.45. The summed E-state index contributed by atoms with van der Waals surface area (Å²) in [5.41, 5.74) is 1.08. The fourth-order valence-electron chi connectivity index (χ4n) is 3.05. The lowest BCUT2D eigenvalue weighted by molar-refractivity contribution is -0.125. The molecule has 122 valence electrons. The molecule has 1 N–H and O–H groups in total. The van der Waals surface area contributed by atoms with Gasteiger partial charge in [-0.2, -0.15) is 0 Å². The third-order valence-corrected chi connectivity index (χ3v) is 4.25. The fourth-order valence-corrected chi connectivity index (χ4v) is 3.05. The molecule has 0 radical (unpaired) electrons. The minimum atomic E-state index is -0.173. The zero-order valence-corrected chi connectivity index (χ0v) is 13.5. The van der Waals surface area contributed by atoms with Crippen molar-refractivity contribution in [2.45, 2.75) is 19.8 Å². The van der Waals surface area contributed by atoms with Crippen molar-refractivity contribution < 1.29 is 4.79 Å². The number of nitrogens with zero attached hydrogens (tertiary/aromatic N) is 4. The van der Waals surface area contributed by atoms with E-state index >= 15 is 0 Å². The Kier molecular flexibility index (Phi) is 4.27. The number of aromatic nitrogens is 3. The van der Waals surface area contributed by atoms with Crippen LogP contribution >= 0.6 is 0 Å². The molecule has 0 bridgehead atoms. The largest absolute Gasteiger partial charge is 0.356 e. The number of nitrogens with one attached hydrogen (secondary N) is 1. The molecule has 7 nitrogen and oxygen atoms in total. The van der Waals surface area contributed by atoms with E-state index in [2.05, 4.69) is 15.3 Å². The van der Waals surface area contributed by atoms with E-state index in [1.54, 1.807) is 19.3 Å². The fraction of sp³-hybridized carbons (Fsp3) is 0.500. The van der Waals surface area contributed by atoms with Crippen molar-refractivity contribution in [1.29, 1.82) is 0 Å². The van der Waals surface area contributed by atoms with Crippen LogP contribution in [0.2, 0.25) is 0 Å². The molecule has 1 aliphatic rings. The van der Waals surface area contributed by atoms with Crippen molar-refractivity contribution in [1.82, 2.24) is 19.9 Å². The van der Waals surface area contributed by atoms with Gasteiger partial charge in [0, 0.05) is 32.9 Å². The Morgan fingerprint density at radius 3 is 3.09 bits per heavy atom. The molecule has 2 aromatic rings. The Morgan fingerprint density at radius 2 is 2.30 bits per heavy atom. The maximum Gasteiger partial charge on any atom is 0.294 e. The van der Waals surface area contributed by atoms with Gasteiger partial charge in [-0.1, -0.05) is 0 Å². The van der Waals surface area contributed by atoms with Crippen LogP contribution in [0.1, 0.15) is 19.8 Å². The van der Waals surface area contributed by atoms with Crippen LogP contribution < -0.4 is 15.8 Å². The first-order valence-corrected chi connectivity index (χ1v) is 7.96. The van der Waals surface area contributed by atoms with Gasteiger partial charge in [0.15, 0.2) is 11.5 Å². The molecule has 1 amide bonds. The topological polar surface area (TPSA) is 80.1 Å². The second-order valence-corrected chi connectivity index (χ2v) is 5.83. The normalized spacial score (nSPS) is 18.2. The number of hydrogen-bond acceptors (Lipinski definition) is 5. The molecule has 0 aromatic carbocycles. The van der Waals surface area contributed by atoms with Crippen LogP contribution in [-0.2, 0) is 11.8 Å². The van der Waals surface area contributed by atoms with E-state index in [0.717, 1.165) is 19.4 Å². The molecule has 3 rings (SSSR count). The number of fused-ring (bicyclic) bond motifs is 1. The van der Waals surface area contributed by atoms with Crippen LogP contribution in [0.4, 0.5) is 5.82 Å². The van der Waals surface area contributed by atoms with E-state index < -0.39 is 0 Å². The smallest absolute Gasteiger partial charge is 0.294 e. The number of pyridine rings is 1. The van der Waals surface area contributed by atoms with Crippen LogP contribution in [0.25, 0.3) is 11.2 Å². The van der Waals surface area contributed by atoms with Crippen LogP contribution in [0, 0.1) is 5.92 Å². The molecule has 23 heavy (non-hydrogen) atoms. The monoisotopic (exact) mass is 315 g/mol. The zero-order valence-electron chi connectivity index (χ0n) is 13.5. The van der Waals surface area contributed by atoms with E-state index in [0.29, 0.717) is 30.1 Å². The molecule has 0 spiro atoms. The summed E-state index contributed by atoms with van der Waals surface area (Å²) in [6.07, 6.45) is 3.37. The van der Waals surface area contributed by atoms with Gasteiger partial charge in [0.25, 0.3) is 5.56 Å². The van der Waals surface area contributed by atoms with Gasteiger partial charge in [-0.15, -0.1) is 0 Å². The van der Waals surface area contributed by atoms with Crippen LogP contribution in [0.5, 0.6) is 0 Å². The Balaban J connectivity index is 1.95. The van der Waals surface area contributed by atoms with Crippen LogP contribution in [0.3, 0.4) is 0 Å². The molecule has 0 aliphatic carbocycles. The average molecular weight is 315 g/mol. The predicted octanol–water partition coefficient (Wildman–Crippen LogP) is 0.681. The first-order valence-electron chi connectivity index (χ1n) is 7.96. The van der Waals surface area contributed by atoms with E-state index in [1.807, 2.05) is 17.9 Å². The lowest BCUT2D eigenvalue weighted by Gasteiger charge is -2.32. The van der Waals surface area contributed by atoms with Crippen molar-refractivity contribution in [3.63, 3.8) is 0 Å². The molecule has 7 heteroatoms. The molecular formula is C16H21N5O2. The molecule has 2 aromatic heterocycles. The maximum absolute atomic E-state index is 12.6. The second-order valence-electron chi connectivity index (χ2n) is 5.83. The molecule has 0 saturated carbocycles. The van der Waals surface area contributed by atoms with E-state index in [-0.39, 0.29) is 17.4 Å². The Bertz CT molecular complexity index is 786. The first-order chi connectivity index (χ1) is 11.1. The first kappa shape index (κ1) is 15.5. The number of hydrogen-bond donors (Lipinski definition) is 1. The highest BCUT2D eigenvalue weighted by Gasteiger charge is 2.28. The predicted molar refractivity (Wildman–Crippen MR) is 88.4 cm³/mol. The standard InChI is InChI=1S/C16H21N5O2/c1-3-17-15(22)11-6-5-9-21(10-11)14-16(23)20(2)13-12(19-14)7-4-8-18-13/h4,7-8,11H,3,5-6,9-10H2,1-2H3,(H,17,22). The molecule has 1 atom stereocenters. The van der Waals surface area contributed by atoms with Gasteiger partial charge in [-0.25, -0.2) is 9.97 Å². The van der Waals surface area contributed by atoms with E-state index in [9.17, 15) is 9.59 Å². The summed E-state index contributed by atoms with van der Waals surface area (Å²) in [4.78, 5) is 35.3. The van der Waals surface area contributed by atoms with Gasteiger partial charge >= 0.3 is 0 Å². The Morgan fingerprint density at radius 1 is 1.48 bits per heavy atom. The van der Waals surface area contributed by atoms with Gasteiger partial charge in [0.2, 0.25) is 5.91 Å². The number of carbonyl (C=O) groups excluding carboxylic acids is 1. The maximum atomic E-state index is 12.6. The highest BCUT2D eigenvalue weighted by molar-refractivity contribution is 5.79. The van der Waals surface area contributed by atoms with Gasteiger partial charge < -0.3 is 10.2 Å². The molecule has 1 fully saturated rings. The summed E-state index contributed by atoms with van der Waals surface area (Å²) in [5.74, 6) is 0.360. The second kappa shape index (κ2) is 6.36. The minimum absolute atomic E-state index is 0.0523. The van der Waals surface area contributed by atoms with Crippen molar-refractivity contribution in [2.24, 2.45) is 13.0 Å². The van der Waals surface area contributed by atoms with Crippen molar-refractivity contribution in [2.75, 3.05) is 24.5 Å². The minimum Gasteiger partial charge on any atom is -0.356 e. The Hall–Kier alpha value is -2.44.